The van der Waals surface area contributed by atoms with Gasteiger partial charge in [0.15, 0.2) is 0 Å². The van der Waals surface area contributed by atoms with Crippen molar-refractivity contribution in [3.05, 3.63) is 42.5 Å². The van der Waals surface area contributed by atoms with Gasteiger partial charge >= 0.3 is 12.2 Å². The van der Waals surface area contributed by atoms with Crippen molar-refractivity contribution >= 4 is 57.0 Å². The summed E-state index contributed by atoms with van der Waals surface area (Å²) in [6, 6.07) is 10.3. The Balaban J connectivity index is 2.56. The van der Waals surface area contributed by atoms with Gasteiger partial charge in [-0.1, -0.05) is 6.92 Å². The van der Waals surface area contributed by atoms with E-state index in [0.29, 0.717) is 0 Å². The van der Waals surface area contributed by atoms with Crippen LogP contribution in [0.15, 0.2) is 62.1 Å². The minimum absolute atomic E-state index is 0.0441. The van der Waals surface area contributed by atoms with Crippen LogP contribution < -0.4 is 16.0 Å². The number of rotatable bonds is 6. The molecule has 2 aromatic rings. The van der Waals surface area contributed by atoms with E-state index in [4.69, 9.17) is 0 Å². The number of amides is 3. The Kier molecular flexibility index (Phi) is 9.45. The van der Waals surface area contributed by atoms with Gasteiger partial charge < -0.3 is 20.1 Å². The van der Waals surface area contributed by atoms with Crippen LogP contribution in [0.5, 0.6) is 0 Å². The highest BCUT2D eigenvalue weighted by Crippen LogP contribution is 2.30. The molecule has 0 saturated carbocycles. The lowest BCUT2D eigenvalue weighted by atomic mass is 10.2. The van der Waals surface area contributed by atoms with Crippen molar-refractivity contribution in [1.82, 2.24) is 5.32 Å². The van der Waals surface area contributed by atoms with Gasteiger partial charge in [0.05, 0.1) is 35.4 Å². The molecule has 34 heavy (non-hydrogen) atoms. The second kappa shape index (κ2) is 12.0. The highest BCUT2D eigenvalue weighted by atomic mass is 32.2. The van der Waals surface area contributed by atoms with E-state index in [-0.39, 0.29) is 33.5 Å². The van der Waals surface area contributed by atoms with Crippen molar-refractivity contribution in [1.29, 1.82) is 0 Å². The van der Waals surface area contributed by atoms with Gasteiger partial charge in [-0.25, -0.2) is 18.0 Å². The summed E-state index contributed by atoms with van der Waals surface area (Å²) in [4.78, 5) is 39.7. The van der Waals surface area contributed by atoms with Crippen LogP contribution >= 0.6 is 11.8 Å². The molecular formula is C21H24N4O7S2. The summed E-state index contributed by atoms with van der Waals surface area (Å²) in [5.41, 5.74) is 0.232. The number of anilines is 2. The van der Waals surface area contributed by atoms with E-state index >= 15 is 0 Å². The minimum atomic E-state index is -3.93. The molecule has 0 aliphatic carbocycles. The van der Waals surface area contributed by atoms with E-state index in [0.717, 1.165) is 19.1 Å². The molecule has 0 aromatic heterocycles. The quantitative estimate of drug-likeness (QED) is 0.302. The molecule has 3 amide bonds. The first-order chi connectivity index (χ1) is 16.1. The number of ether oxygens (including phenoxy) is 2. The maximum absolute atomic E-state index is 13.2. The number of thioether (sulfide) groups is 1. The molecule has 3 N–H and O–H groups in total. The monoisotopic (exact) mass is 508 g/mol. The van der Waals surface area contributed by atoms with Crippen LogP contribution in [0.25, 0.3) is 0 Å². The number of methoxy groups -OCH3 is 2. The molecule has 11 nitrogen and oxygen atoms in total. The first-order valence-electron chi connectivity index (χ1n) is 9.76. The predicted octanol–water partition coefficient (Wildman–Crippen LogP) is 3.48. The van der Waals surface area contributed by atoms with E-state index in [9.17, 15) is 22.8 Å². The second-order valence-corrected chi connectivity index (χ2v) is 9.29. The molecule has 13 heteroatoms. The van der Waals surface area contributed by atoms with E-state index in [1.165, 1.54) is 42.1 Å². The highest BCUT2D eigenvalue weighted by Gasteiger charge is 2.21. The molecule has 0 aliphatic rings. The molecule has 0 bridgehead atoms. The number of hydrogen-bond donors (Lipinski definition) is 3. The van der Waals surface area contributed by atoms with Crippen molar-refractivity contribution in [2.24, 2.45) is 4.99 Å². The number of benzene rings is 2. The molecule has 0 fully saturated rings. The average Bonchev–Trinajstić information content (AvgIpc) is 2.84. The van der Waals surface area contributed by atoms with Crippen LogP contribution in [-0.4, -0.2) is 52.9 Å². The van der Waals surface area contributed by atoms with Gasteiger partial charge in [0.1, 0.15) is 0 Å². The Bertz CT molecular complexity index is 1200. The van der Waals surface area contributed by atoms with Crippen LogP contribution in [-0.2, 0) is 24.1 Å². The zero-order valence-corrected chi connectivity index (χ0v) is 20.5. The molecule has 0 saturated heterocycles. The molecule has 2 rings (SSSR count). The van der Waals surface area contributed by atoms with Crippen molar-refractivity contribution in [2.45, 2.75) is 28.0 Å². The van der Waals surface area contributed by atoms with E-state index in [1.807, 2.05) is 6.26 Å². The van der Waals surface area contributed by atoms with Crippen LogP contribution in [0.3, 0.4) is 0 Å². The van der Waals surface area contributed by atoms with Crippen molar-refractivity contribution in [3.8, 4) is 0 Å². The van der Waals surface area contributed by atoms with Gasteiger partial charge in [-0.05, 0) is 48.7 Å². The number of nitrogens with zero attached hydrogens (tertiary/aromatic N) is 1. The lowest BCUT2D eigenvalue weighted by molar-refractivity contribution is -0.115. The van der Waals surface area contributed by atoms with Gasteiger partial charge in [-0.15, -0.1) is 16.8 Å². The summed E-state index contributed by atoms with van der Waals surface area (Å²) in [6.45, 7) is 1.64. The van der Waals surface area contributed by atoms with E-state index in [1.54, 1.807) is 19.1 Å². The lowest BCUT2D eigenvalue weighted by Crippen LogP contribution is -2.36. The molecule has 182 valence electrons. The van der Waals surface area contributed by atoms with E-state index < -0.39 is 28.0 Å². The van der Waals surface area contributed by atoms with Gasteiger partial charge in [-0.3, -0.25) is 10.1 Å². The Labute approximate surface area is 201 Å². The number of nitrogens with one attached hydrogen (secondary N) is 3. The summed E-state index contributed by atoms with van der Waals surface area (Å²) in [6.07, 6.45) is 0.0356. The number of aliphatic imine (C=N–C) groups is 1. The summed E-state index contributed by atoms with van der Waals surface area (Å²) < 4.78 is 35.4. The molecule has 0 spiro atoms. The lowest BCUT2D eigenvalue weighted by Gasteiger charge is -2.16. The van der Waals surface area contributed by atoms with Crippen LogP contribution in [0.2, 0.25) is 0 Å². The maximum atomic E-state index is 13.2. The smallest absolute Gasteiger partial charge is 0.436 e. The molecule has 0 heterocycles. The van der Waals surface area contributed by atoms with Crippen LogP contribution in [0.4, 0.5) is 21.0 Å². The van der Waals surface area contributed by atoms with Crippen LogP contribution in [0, 0.1) is 0 Å². The van der Waals surface area contributed by atoms with E-state index in [2.05, 4.69) is 30.4 Å². The molecule has 2 aromatic carbocycles. The maximum Gasteiger partial charge on any atom is 0.436 e. The third-order valence-corrected chi connectivity index (χ3v) is 6.81. The summed E-state index contributed by atoms with van der Waals surface area (Å²) in [5.74, 6) is -0.761. The predicted molar refractivity (Wildman–Crippen MR) is 128 cm³/mol. The Morgan fingerprint density at radius 3 is 2.15 bits per heavy atom. The van der Waals surface area contributed by atoms with Crippen molar-refractivity contribution < 1.29 is 32.3 Å². The fourth-order valence-electron chi connectivity index (χ4n) is 2.53. The SMILES string of the molecule is CCC(=O)Nc1ccc(S(=O)(=O)c2ccc(SC)cc2)cc1NC(=NC(=O)OC)NC(=O)OC. The standard InChI is InChI=1S/C21H24N4O7S2/c1-5-18(26)22-16-11-10-15(34(29,30)14-8-6-13(33-4)7-9-14)12-17(16)23-19(24-20(27)31-2)25-21(28)32-3/h6-12H,5H2,1-4H3,(H,22,26)(H2,23,24,25,27,28). The number of alkyl carbamates (subject to hydrolysis) is 1. The minimum Gasteiger partial charge on any atom is -0.453 e. The first-order valence-corrected chi connectivity index (χ1v) is 12.5. The average molecular weight is 509 g/mol. The van der Waals surface area contributed by atoms with Gasteiger partial charge in [0, 0.05) is 11.3 Å². The van der Waals surface area contributed by atoms with Gasteiger partial charge in [0.2, 0.25) is 21.7 Å². The zero-order chi connectivity index (χ0) is 25.3. The summed E-state index contributed by atoms with van der Waals surface area (Å²) in [5, 5.41) is 7.45. The largest absolute Gasteiger partial charge is 0.453 e. The third kappa shape index (κ3) is 6.96. The fraction of sp³-hybridized carbons (Fsp3) is 0.238. The first kappa shape index (κ1) is 26.7. The topological polar surface area (TPSA) is 152 Å². The van der Waals surface area contributed by atoms with Crippen LogP contribution in [0.1, 0.15) is 13.3 Å². The summed E-state index contributed by atoms with van der Waals surface area (Å²) >= 11 is 1.48. The number of carbonyl (C=O) groups excluding carboxylic acids is 3. The number of guanidine groups is 1. The second-order valence-electron chi connectivity index (χ2n) is 6.46. The normalized spacial score (nSPS) is 11.4. The number of hydrogen-bond acceptors (Lipinski definition) is 8. The Morgan fingerprint density at radius 1 is 0.941 bits per heavy atom. The molecule has 0 aliphatic heterocycles. The third-order valence-electron chi connectivity index (χ3n) is 4.30. The molecule has 0 radical (unpaired) electrons. The van der Waals surface area contributed by atoms with Gasteiger partial charge in [0.25, 0.3) is 0 Å². The van der Waals surface area contributed by atoms with Crippen molar-refractivity contribution in [3.63, 3.8) is 0 Å². The Hall–Kier alpha value is -3.58. The number of carbonyl (C=O) groups is 3. The summed E-state index contributed by atoms with van der Waals surface area (Å²) in [7, 11) is -1.74. The van der Waals surface area contributed by atoms with Crippen molar-refractivity contribution in [2.75, 3.05) is 31.1 Å². The zero-order valence-electron chi connectivity index (χ0n) is 18.9. The molecule has 0 atom stereocenters. The molecule has 0 unspecified atom stereocenters. The molecular weight excluding hydrogens is 484 g/mol. The van der Waals surface area contributed by atoms with Gasteiger partial charge in [-0.2, -0.15) is 0 Å². The number of sulfone groups is 1. The Morgan fingerprint density at radius 2 is 1.59 bits per heavy atom. The fourth-order valence-corrected chi connectivity index (χ4v) is 4.23. The highest BCUT2D eigenvalue weighted by molar-refractivity contribution is 7.98.